The third-order valence-electron chi connectivity index (χ3n) is 3.43. The maximum Gasteiger partial charge on any atom is 0.0704 e. The molecule has 0 atom stereocenters. The van der Waals surface area contributed by atoms with Gasteiger partial charge in [-0.1, -0.05) is 28.7 Å². The molecule has 0 aliphatic rings. The van der Waals surface area contributed by atoms with Crippen LogP contribution in [-0.2, 0) is 42.6 Å². The van der Waals surface area contributed by atoms with E-state index in [0.717, 1.165) is 11.0 Å². The minimum atomic E-state index is 0.534. The molecular formula is C21H41IO9. The van der Waals surface area contributed by atoms with Crippen molar-refractivity contribution in [2.45, 2.75) is 0 Å². The van der Waals surface area contributed by atoms with E-state index in [2.05, 4.69) is 29.2 Å². The third kappa shape index (κ3) is 30.1. The van der Waals surface area contributed by atoms with Crippen LogP contribution in [0.3, 0.4) is 0 Å². The van der Waals surface area contributed by atoms with E-state index in [9.17, 15) is 0 Å². The molecule has 0 bridgehead atoms. The first-order valence-corrected chi connectivity index (χ1v) is 12.3. The van der Waals surface area contributed by atoms with Gasteiger partial charge in [0.15, 0.2) is 0 Å². The van der Waals surface area contributed by atoms with Crippen LogP contribution in [0.25, 0.3) is 0 Å². The van der Waals surface area contributed by atoms with Crippen molar-refractivity contribution in [1.82, 2.24) is 0 Å². The first-order valence-electron chi connectivity index (χ1n) is 10.8. The van der Waals surface area contributed by atoms with Crippen molar-refractivity contribution < 1.29 is 42.6 Å². The second-order valence-corrected chi connectivity index (χ2v) is 7.03. The molecule has 0 amide bonds. The summed E-state index contributed by atoms with van der Waals surface area (Å²) in [6, 6.07) is 0. The minimum Gasteiger partial charge on any atom is -0.378 e. The van der Waals surface area contributed by atoms with Gasteiger partial charge in [0.05, 0.1) is 119 Å². The molecule has 0 saturated carbocycles. The summed E-state index contributed by atoms with van der Waals surface area (Å²) in [6.45, 7) is 13.8. The average Bonchev–Trinajstić information content (AvgIpc) is 2.78. The number of hydrogen-bond donors (Lipinski definition) is 0. The zero-order chi connectivity index (χ0) is 22.5. The molecule has 31 heavy (non-hydrogen) atoms. The molecular weight excluding hydrogens is 523 g/mol. The lowest BCUT2D eigenvalue weighted by molar-refractivity contribution is -0.0243. The van der Waals surface area contributed by atoms with E-state index in [1.165, 1.54) is 0 Å². The fourth-order valence-corrected chi connectivity index (χ4v) is 2.29. The van der Waals surface area contributed by atoms with Gasteiger partial charge in [-0.15, -0.1) is 6.58 Å². The van der Waals surface area contributed by atoms with Crippen molar-refractivity contribution in [3.8, 4) is 0 Å². The normalized spacial score (nSPS) is 11.3. The minimum absolute atomic E-state index is 0.534. The van der Waals surface area contributed by atoms with E-state index in [1.807, 2.05) is 0 Å². The van der Waals surface area contributed by atoms with E-state index >= 15 is 0 Å². The Morgan fingerprint density at radius 1 is 0.387 bits per heavy atom. The second-order valence-electron chi connectivity index (χ2n) is 5.95. The summed E-state index contributed by atoms with van der Waals surface area (Å²) in [5.41, 5.74) is 0. The largest absolute Gasteiger partial charge is 0.378 e. The molecule has 0 aliphatic heterocycles. The number of alkyl halides is 1. The lowest BCUT2D eigenvalue weighted by Crippen LogP contribution is -2.15. The summed E-state index contributed by atoms with van der Waals surface area (Å²) in [6.07, 6.45) is 1.71. The molecule has 0 heterocycles. The first kappa shape index (κ1) is 31.1. The van der Waals surface area contributed by atoms with Crippen molar-refractivity contribution in [2.75, 3.05) is 123 Å². The van der Waals surface area contributed by atoms with Crippen LogP contribution in [0.1, 0.15) is 0 Å². The van der Waals surface area contributed by atoms with E-state index in [4.69, 9.17) is 42.6 Å². The molecule has 0 aromatic carbocycles. The van der Waals surface area contributed by atoms with Gasteiger partial charge in [0, 0.05) is 4.43 Å². The summed E-state index contributed by atoms with van der Waals surface area (Å²) < 4.78 is 49.3. The summed E-state index contributed by atoms with van der Waals surface area (Å²) in [5.74, 6) is 0. The number of rotatable bonds is 28. The molecule has 0 saturated heterocycles. The fourth-order valence-electron chi connectivity index (χ4n) is 1.98. The van der Waals surface area contributed by atoms with Gasteiger partial charge in [0.2, 0.25) is 0 Å². The Balaban J connectivity index is 2.98. The molecule has 186 valence electrons. The average molecular weight is 564 g/mol. The van der Waals surface area contributed by atoms with Crippen LogP contribution in [0.15, 0.2) is 12.7 Å². The van der Waals surface area contributed by atoms with Gasteiger partial charge in [0.25, 0.3) is 0 Å². The quantitative estimate of drug-likeness (QED) is 0.0611. The van der Waals surface area contributed by atoms with Crippen molar-refractivity contribution in [3.05, 3.63) is 12.7 Å². The number of hydrogen-bond acceptors (Lipinski definition) is 9. The zero-order valence-corrected chi connectivity index (χ0v) is 20.9. The van der Waals surface area contributed by atoms with Crippen LogP contribution in [0.5, 0.6) is 0 Å². The molecule has 0 aromatic rings. The van der Waals surface area contributed by atoms with Crippen LogP contribution in [0, 0.1) is 0 Å². The Hall–Kier alpha value is 0.110. The highest BCUT2D eigenvalue weighted by molar-refractivity contribution is 14.1. The van der Waals surface area contributed by atoms with Gasteiger partial charge in [-0.25, -0.2) is 0 Å². The topological polar surface area (TPSA) is 83.1 Å². The molecule has 0 aliphatic carbocycles. The molecule has 10 heteroatoms. The highest BCUT2D eigenvalue weighted by Gasteiger charge is 1.95. The molecule has 9 nitrogen and oxygen atoms in total. The Morgan fingerprint density at radius 3 is 0.839 bits per heavy atom. The van der Waals surface area contributed by atoms with Gasteiger partial charge in [-0.3, -0.25) is 0 Å². The summed E-state index contributed by atoms with van der Waals surface area (Å²) >= 11 is 2.28. The summed E-state index contributed by atoms with van der Waals surface area (Å²) in [7, 11) is 0. The second kappa shape index (κ2) is 30.1. The van der Waals surface area contributed by atoms with Gasteiger partial charge in [-0.05, 0) is 0 Å². The lowest BCUT2D eigenvalue weighted by atomic mass is 10.6. The van der Waals surface area contributed by atoms with Crippen LogP contribution >= 0.6 is 22.6 Å². The lowest BCUT2D eigenvalue weighted by Gasteiger charge is -2.08. The smallest absolute Gasteiger partial charge is 0.0704 e. The number of ether oxygens (including phenoxy) is 9. The monoisotopic (exact) mass is 564 g/mol. The van der Waals surface area contributed by atoms with E-state index in [0.29, 0.717) is 112 Å². The Labute approximate surface area is 201 Å². The predicted molar refractivity (Wildman–Crippen MR) is 126 cm³/mol. The standard InChI is InChI=1S/C21H41IO9/c1-2-4-23-6-8-25-10-12-27-14-16-29-18-20-31-21-19-30-17-15-28-13-11-26-9-7-24-5-3-22/h2H,1,3-21H2. The molecule has 0 spiro atoms. The van der Waals surface area contributed by atoms with Gasteiger partial charge in [0.1, 0.15) is 0 Å². The van der Waals surface area contributed by atoms with Gasteiger partial charge in [-0.2, -0.15) is 0 Å². The van der Waals surface area contributed by atoms with E-state index in [-0.39, 0.29) is 0 Å². The van der Waals surface area contributed by atoms with Crippen LogP contribution in [0.4, 0.5) is 0 Å². The third-order valence-corrected chi connectivity index (χ3v) is 3.87. The van der Waals surface area contributed by atoms with E-state index < -0.39 is 0 Å². The maximum atomic E-state index is 5.43. The molecule has 0 N–H and O–H groups in total. The zero-order valence-electron chi connectivity index (χ0n) is 18.8. The number of halogens is 1. The molecule has 0 fully saturated rings. The molecule has 0 unspecified atom stereocenters. The van der Waals surface area contributed by atoms with Crippen LogP contribution < -0.4 is 0 Å². The van der Waals surface area contributed by atoms with Crippen LogP contribution in [-0.4, -0.2) is 123 Å². The van der Waals surface area contributed by atoms with Crippen molar-refractivity contribution in [1.29, 1.82) is 0 Å². The van der Waals surface area contributed by atoms with Crippen LogP contribution in [0.2, 0.25) is 0 Å². The molecule has 0 radical (unpaired) electrons. The molecule has 0 aromatic heterocycles. The highest BCUT2D eigenvalue weighted by Crippen LogP contribution is 1.87. The fraction of sp³-hybridized carbons (Fsp3) is 0.905. The van der Waals surface area contributed by atoms with Gasteiger partial charge < -0.3 is 42.6 Å². The first-order chi connectivity index (χ1) is 15.4. The highest BCUT2D eigenvalue weighted by atomic mass is 127. The SMILES string of the molecule is C=CCOCCOCCOCCOCCOCCOCCOCCOCCOCCI. The van der Waals surface area contributed by atoms with Crippen molar-refractivity contribution in [2.24, 2.45) is 0 Å². The summed E-state index contributed by atoms with van der Waals surface area (Å²) in [5, 5.41) is 0. The predicted octanol–water partition coefficient (Wildman–Crippen LogP) is 1.76. The van der Waals surface area contributed by atoms with Crippen molar-refractivity contribution in [3.63, 3.8) is 0 Å². The molecule has 0 rings (SSSR count). The Bertz CT molecular complexity index is 338. The Kier molecular flexibility index (Phi) is 30.2. The maximum absolute atomic E-state index is 5.43. The van der Waals surface area contributed by atoms with E-state index in [1.54, 1.807) is 6.08 Å². The Morgan fingerprint density at radius 2 is 0.613 bits per heavy atom. The summed E-state index contributed by atoms with van der Waals surface area (Å²) in [4.78, 5) is 0. The van der Waals surface area contributed by atoms with Gasteiger partial charge >= 0.3 is 0 Å². The van der Waals surface area contributed by atoms with Crippen molar-refractivity contribution >= 4 is 22.6 Å².